The van der Waals surface area contributed by atoms with Crippen molar-refractivity contribution in [3.63, 3.8) is 0 Å². The van der Waals surface area contributed by atoms with Crippen LogP contribution in [0.5, 0.6) is 0 Å². The SMILES string of the molecule is Cc1sc(N2CCNCC2)nc1C(=O)O. The number of hydrogen-bond acceptors (Lipinski definition) is 5. The first-order chi connectivity index (χ1) is 7.18. The smallest absolute Gasteiger partial charge is 0.355 e. The Morgan fingerprint density at radius 3 is 2.73 bits per heavy atom. The predicted octanol–water partition coefficient (Wildman–Crippen LogP) is 0.559. The standard InChI is InChI=1S/C9H13N3O2S/c1-6-7(8(13)14)11-9(15-6)12-4-2-10-3-5-12/h10H,2-5H2,1H3,(H,13,14). The van der Waals surface area contributed by atoms with Crippen LogP contribution in [-0.2, 0) is 0 Å². The van der Waals surface area contributed by atoms with Gasteiger partial charge in [-0.3, -0.25) is 0 Å². The van der Waals surface area contributed by atoms with Crippen LogP contribution >= 0.6 is 11.3 Å². The van der Waals surface area contributed by atoms with Crippen LogP contribution < -0.4 is 10.2 Å². The number of aryl methyl sites for hydroxylation is 1. The molecule has 0 aliphatic carbocycles. The summed E-state index contributed by atoms with van der Waals surface area (Å²) in [5, 5.41) is 13.0. The van der Waals surface area contributed by atoms with Gasteiger partial charge < -0.3 is 15.3 Å². The van der Waals surface area contributed by atoms with Crippen molar-refractivity contribution in [3.05, 3.63) is 10.6 Å². The van der Waals surface area contributed by atoms with Crippen molar-refractivity contribution in [2.24, 2.45) is 0 Å². The van der Waals surface area contributed by atoms with Crippen LogP contribution in [-0.4, -0.2) is 42.2 Å². The van der Waals surface area contributed by atoms with Gasteiger partial charge in [0.15, 0.2) is 10.8 Å². The molecule has 1 fully saturated rings. The van der Waals surface area contributed by atoms with Gasteiger partial charge in [0.25, 0.3) is 0 Å². The largest absolute Gasteiger partial charge is 0.476 e. The molecular weight excluding hydrogens is 214 g/mol. The number of aromatic carboxylic acids is 1. The van der Waals surface area contributed by atoms with Crippen molar-refractivity contribution in [2.45, 2.75) is 6.92 Å². The minimum atomic E-state index is -0.940. The molecule has 0 bridgehead atoms. The average molecular weight is 227 g/mol. The molecule has 5 nitrogen and oxygen atoms in total. The summed E-state index contributed by atoms with van der Waals surface area (Å²) in [7, 11) is 0. The van der Waals surface area contributed by atoms with E-state index in [4.69, 9.17) is 5.11 Å². The maximum absolute atomic E-state index is 10.8. The molecule has 1 aliphatic rings. The third-order valence-corrected chi connectivity index (χ3v) is 3.41. The zero-order valence-corrected chi connectivity index (χ0v) is 9.30. The third kappa shape index (κ3) is 2.10. The summed E-state index contributed by atoms with van der Waals surface area (Å²) < 4.78 is 0. The van der Waals surface area contributed by atoms with Gasteiger partial charge in [0.05, 0.1) is 0 Å². The van der Waals surface area contributed by atoms with Gasteiger partial charge in [0, 0.05) is 31.1 Å². The van der Waals surface area contributed by atoms with Crippen LogP contribution in [0.2, 0.25) is 0 Å². The molecule has 2 N–H and O–H groups in total. The molecule has 1 aromatic rings. The molecule has 1 aliphatic heterocycles. The Kier molecular flexibility index (Phi) is 2.88. The Labute approximate surface area is 91.7 Å². The van der Waals surface area contributed by atoms with E-state index >= 15 is 0 Å². The molecule has 1 saturated heterocycles. The number of nitrogens with zero attached hydrogens (tertiary/aromatic N) is 2. The van der Waals surface area contributed by atoms with Crippen molar-refractivity contribution in [3.8, 4) is 0 Å². The minimum absolute atomic E-state index is 0.188. The summed E-state index contributed by atoms with van der Waals surface area (Å²) >= 11 is 1.46. The molecule has 1 aromatic heterocycles. The van der Waals surface area contributed by atoms with Crippen molar-refractivity contribution in [1.82, 2.24) is 10.3 Å². The van der Waals surface area contributed by atoms with E-state index in [9.17, 15) is 4.79 Å². The van der Waals surface area contributed by atoms with Crippen LogP contribution in [0.15, 0.2) is 0 Å². The molecule has 0 spiro atoms. The molecule has 2 rings (SSSR count). The third-order valence-electron chi connectivity index (χ3n) is 2.38. The monoisotopic (exact) mass is 227 g/mol. The number of carboxylic acid groups (broad SMARTS) is 1. The van der Waals surface area contributed by atoms with Crippen molar-refractivity contribution in [2.75, 3.05) is 31.1 Å². The number of carboxylic acids is 1. The van der Waals surface area contributed by atoms with Gasteiger partial charge in [-0.15, -0.1) is 11.3 Å². The first-order valence-corrected chi connectivity index (χ1v) is 5.66. The topological polar surface area (TPSA) is 65.5 Å². The predicted molar refractivity (Wildman–Crippen MR) is 58.9 cm³/mol. The first kappa shape index (κ1) is 10.4. The summed E-state index contributed by atoms with van der Waals surface area (Å²) in [4.78, 5) is 17.9. The molecule has 0 saturated carbocycles. The van der Waals surface area contributed by atoms with Crippen LogP contribution in [0.4, 0.5) is 5.13 Å². The minimum Gasteiger partial charge on any atom is -0.476 e. The van der Waals surface area contributed by atoms with E-state index in [0.717, 1.165) is 36.2 Å². The van der Waals surface area contributed by atoms with E-state index in [2.05, 4.69) is 15.2 Å². The van der Waals surface area contributed by atoms with Crippen LogP contribution in [0.3, 0.4) is 0 Å². The fourth-order valence-electron chi connectivity index (χ4n) is 1.57. The molecule has 15 heavy (non-hydrogen) atoms. The fourth-order valence-corrected chi connectivity index (χ4v) is 2.52. The Morgan fingerprint density at radius 2 is 2.20 bits per heavy atom. The number of carbonyl (C=O) groups is 1. The summed E-state index contributed by atoms with van der Waals surface area (Å²) in [6.45, 7) is 5.45. The van der Waals surface area contributed by atoms with Gasteiger partial charge in [-0.2, -0.15) is 0 Å². The Hall–Kier alpha value is -1.14. The highest BCUT2D eigenvalue weighted by atomic mass is 32.1. The zero-order valence-electron chi connectivity index (χ0n) is 8.49. The Balaban J connectivity index is 2.21. The lowest BCUT2D eigenvalue weighted by Gasteiger charge is -2.26. The van der Waals surface area contributed by atoms with E-state index in [1.165, 1.54) is 11.3 Å². The molecule has 82 valence electrons. The molecule has 0 amide bonds. The second-order valence-electron chi connectivity index (χ2n) is 3.44. The molecular formula is C9H13N3O2S. The zero-order chi connectivity index (χ0) is 10.8. The van der Waals surface area contributed by atoms with Gasteiger partial charge in [-0.05, 0) is 6.92 Å². The average Bonchev–Trinajstić information content (AvgIpc) is 2.62. The van der Waals surface area contributed by atoms with Gasteiger partial charge in [0.1, 0.15) is 0 Å². The molecule has 0 aromatic carbocycles. The van der Waals surface area contributed by atoms with E-state index in [1.807, 2.05) is 0 Å². The number of rotatable bonds is 2. The van der Waals surface area contributed by atoms with Crippen LogP contribution in [0.25, 0.3) is 0 Å². The van der Waals surface area contributed by atoms with Gasteiger partial charge >= 0.3 is 5.97 Å². The number of piperazine rings is 1. The maximum Gasteiger partial charge on any atom is 0.355 e. The quantitative estimate of drug-likeness (QED) is 0.773. The van der Waals surface area contributed by atoms with Crippen molar-refractivity contribution < 1.29 is 9.90 Å². The fraction of sp³-hybridized carbons (Fsp3) is 0.556. The Morgan fingerprint density at radius 1 is 1.53 bits per heavy atom. The number of anilines is 1. The number of thiazole rings is 1. The first-order valence-electron chi connectivity index (χ1n) is 4.85. The summed E-state index contributed by atoms with van der Waals surface area (Å²) in [5.74, 6) is -0.940. The highest BCUT2D eigenvalue weighted by Gasteiger charge is 2.19. The van der Waals surface area contributed by atoms with E-state index < -0.39 is 5.97 Å². The van der Waals surface area contributed by atoms with Crippen molar-refractivity contribution >= 4 is 22.4 Å². The van der Waals surface area contributed by atoms with Gasteiger partial charge in [-0.1, -0.05) is 0 Å². The molecule has 2 heterocycles. The molecule has 6 heteroatoms. The second kappa shape index (κ2) is 4.16. The van der Waals surface area contributed by atoms with E-state index in [1.54, 1.807) is 6.92 Å². The number of hydrogen-bond donors (Lipinski definition) is 2. The van der Waals surface area contributed by atoms with Crippen LogP contribution in [0.1, 0.15) is 15.4 Å². The highest BCUT2D eigenvalue weighted by molar-refractivity contribution is 7.15. The van der Waals surface area contributed by atoms with Gasteiger partial charge in [-0.25, -0.2) is 9.78 Å². The van der Waals surface area contributed by atoms with E-state index in [-0.39, 0.29) is 5.69 Å². The maximum atomic E-state index is 10.8. The molecule has 0 atom stereocenters. The second-order valence-corrected chi connectivity index (χ2v) is 4.63. The Bertz CT molecular complexity index is 371. The number of aromatic nitrogens is 1. The van der Waals surface area contributed by atoms with Crippen molar-refractivity contribution in [1.29, 1.82) is 0 Å². The molecule has 0 radical (unpaired) electrons. The van der Waals surface area contributed by atoms with Gasteiger partial charge in [0.2, 0.25) is 0 Å². The number of nitrogens with one attached hydrogen (secondary N) is 1. The van der Waals surface area contributed by atoms with Crippen LogP contribution in [0, 0.1) is 6.92 Å². The summed E-state index contributed by atoms with van der Waals surface area (Å²) in [6.07, 6.45) is 0. The normalized spacial score (nSPS) is 16.7. The van der Waals surface area contributed by atoms with E-state index in [0.29, 0.717) is 0 Å². The molecule has 0 unspecified atom stereocenters. The summed E-state index contributed by atoms with van der Waals surface area (Å²) in [5.41, 5.74) is 0.188. The lowest BCUT2D eigenvalue weighted by Crippen LogP contribution is -2.43. The lowest BCUT2D eigenvalue weighted by atomic mass is 10.4. The summed E-state index contributed by atoms with van der Waals surface area (Å²) in [6, 6.07) is 0. The lowest BCUT2D eigenvalue weighted by molar-refractivity contribution is 0.0690. The highest BCUT2D eigenvalue weighted by Crippen LogP contribution is 2.25.